The van der Waals surface area contributed by atoms with Crippen molar-refractivity contribution in [1.29, 1.82) is 0 Å². The molecule has 0 aliphatic heterocycles. The van der Waals surface area contributed by atoms with Gasteiger partial charge in [-0.1, -0.05) is 36.4 Å². The van der Waals surface area contributed by atoms with E-state index in [0.717, 1.165) is 6.07 Å². The smallest absolute Gasteiger partial charge is 0.262 e. The third-order valence-electron chi connectivity index (χ3n) is 4.03. The van der Waals surface area contributed by atoms with Crippen LogP contribution in [0.3, 0.4) is 0 Å². The number of carbonyl (C=O) groups excluding carboxylic acids is 1. The molecule has 0 spiro atoms. The average molecular weight is 411 g/mol. The van der Waals surface area contributed by atoms with E-state index < -0.39 is 21.5 Å². The molecular weight excluding hydrogens is 394 g/mol. The summed E-state index contributed by atoms with van der Waals surface area (Å²) in [6.07, 6.45) is 2.56. The van der Waals surface area contributed by atoms with Crippen molar-refractivity contribution in [2.75, 3.05) is 4.72 Å². The Balaban J connectivity index is 1.98. The monoisotopic (exact) mass is 411 g/mol. The van der Waals surface area contributed by atoms with E-state index in [4.69, 9.17) is 0 Å². The van der Waals surface area contributed by atoms with Crippen LogP contribution in [0.4, 0.5) is 5.69 Å². The van der Waals surface area contributed by atoms with E-state index in [0.29, 0.717) is 5.56 Å². The minimum Gasteiger partial charge on any atom is -0.508 e. The largest absolute Gasteiger partial charge is 0.508 e. The van der Waals surface area contributed by atoms with E-state index in [9.17, 15) is 28.5 Å². The van der Waals surface area contributed by atoms with Gasteiger partial charge in [-0.25, -0.2) is 8.42 Å². The molecule has 0 saturated carbocycles. The quantitative estimate of drug-likeness (QED) is 0.280. The number of ketones is 1. The number of aromatic hydroxyl groups is 3. The second-order valence-corrected chi connectivity index (χ2v) is 7.75. The number of allylic oxidation sites excluding steroid dienone is 1. The van der Waals surface area contributed by atoms with Crippen LogP contribution in [0.2, 0.25) is 0 Å². The number of benzene rings is 3. The SMILES string of the molecule is O=C(/C=C/c1ccc(O)c(O)c1NS(=O)(=O)c1cccc(O)c1)c1ccccc1. The number of carbonyl (C=O) groups is 1. The van der Waals surface area contributed by atoms with Crippen LogP contribution in [0, 0.1) is 0 Å². The first-order chi connectivity index (χ1) is 13.8. The number of hydrogen-bond acceptors (Lipinski definition) is 6. The first-order valence-corrected chi connectivity index (χ1v) is 9.90. The molecule has 3 aromatic carbocycles. The molecule has 0 heterocycles. The molecule has 0 amide bonds. The number of sulfonamides is 1. The Morgan fingerprint density at radius 1 is 0.897 bits per heavy atom. The van der Waals surface area contributed by atoms with Gasteiger partial charge in [0, 0.05) is 17.2 Å². The number of rotatable bonds is 6. The number of anilines is 1. The molecule has 8 heteroatoms. The van der Waals surface area contributed by atoms with Crippen LogP contribution in [0.5, 0.6) is 17.2 Å². The molecular formula is C21H17NO6S. The molecule has 4 N–H and O–H groups in total. The lowest BCUT2D eigenvalue weighted by molar-refractivity contribution is 0.104. The van der Waals surface area contributed by atoms with Gasteiger partial charge >= 0.3 is 0 Å². The van der Waals surface area contributed by atoms with E-state index in [1.54, 1.807) is 30.3 Å². The van der Waals surface area contributed by atoms with Gasteiger partial charge in [0.15, 0.2) is 17.3 Å². The summed E-state index contributed by atoms with van der Waals surface area (Å²) < 4.78 is 27.4. The van der Waals surface area contributed by atoms with Crippen LogP contribution >= 0.6 is 0 Å². The van der Waals surface area contributed by atoms with Gasteiger partial charge in [-0.2, -0.15) is 0 Å². The highest BCUT2D eigenvalue weighted by Gasteiger charge is 2.20. The molecule has 0 atom stereocenters. The van der Waals surface area contributed by atoms with E-state index in [1.807, 2.05) is 0 Å². The summed E-state index contributed by atoms with van der Waals surface area (Å²) in [5.74, 6) is -1.80. The Morgan fingerprint density at radius 2 is 1.62 bits per heavy atom. The second-order valence-electron chi connectivity index (χ2n) is 6.06. The highest BCUT2D eigenvalue weighted by molar-refractivity contribution is 7.92. The second kappa shape index (κ2) is 8.07. The topological polar surface area (TPSA) is 124 Å². The van der Waals surface area contributed by atoms with Gasteiger partial charge in [-0.05, 0) is 36.4 Å². The molecule has 0 radical (unpaired) electrons. The minimum absolute atomic E-state index is 0.160. The van der Waals surface area contributed by atoms with Gasteiger partial charge in [0.2, 0.25) is 0 Å². The van der Waals surface area contributed by atoms with Crippen molar-refractivity contribution in [3.05, 3.63) is 83.9 Å². The van der Waals surface area contributed by atoms with Crippen molar-refractivity contribution in [3.63, 3.8) is 0 Å². The molecule has 7 nitrogen and oxygen atoms in total. The van der Waals surface area contributed by atoms with Crippen LogP contribution in [0.25, 0.3) is 6.08 Å². The highest BCUT2D eigenvalue weighted by atomic mass is 32.2. The molecule has 3 rings (SSSR count). The number of nitrogens with one attached hydrogen (secondary N) is 1. The van der Waals surface area contributed by atoms with Gasteiger partial charge in [-0.15, -0.1) is 0 Å². The summed E-state index contributed by atoms with van der Waals surface area (Å²) in [5.41, 5.74) is 0.299. The van der Waals surface area contributed by atoms with Gasteiger partial charge in [0.25, 0.3) is 10.0 Å². The zero-order chi connectivity index (χ0) is 21.0. The normalized spacial score (nSPS) is 11.4. The third kappa shape index (κ3) is 4.56. The Morgan fingerprint density at radius 3 is 2.31 bits per heavy atom. The van der Waals surface area contributed by atoms with Crippen molar-refractivity contribution in [3.8, 4) is 17.2 Å². The van der Waals surface area contributed by atoms with Gasteiger partial charge < -0.3 is 15.3 Å². The summed E-state index contributed by atoms with van der Waals surface area (Å²) in [5, 5.41) is 29.5. The van der Waals surface area contributed by atoms with Crippen molar-refractivity contribution in [2.45, 2.75) is 4.90 Å². The lowest BCUT2D eigenvalue weighted by Crippen LogP contribution is -2.14. The number of phenols is 3. The molecule has 29 heavy (non-hydrogen) atoms. The van der Waals surface area contributed by atoms with Crippen LogP contribution in [0.15, 0.2) is 77.7 Å². The fraction of sp³-hybridized carbons (Fsp3) is 0. The lowest BCUT2D eigenvalue weighted by atomic mass is 10.1. The third-order valence-corrected chi connectivity index (χ3v) is 5.37. The zero-order valence-electron chi connectivity index (χ0n) is 15.0. The van der Waals surface area contributed by atoms with Crippen molar-refractivity contribution in [1.82, 2.24) is 0 Å². The summed E-state index contributed by atoms with van der Waals surface area (Å²) in [6.45, 7) is 0. The van der Waals surface area contributed by atoms with E-state index in [1.165, 1.54) is 42.5 Å². The molecule has 0 saturated heterocycles. The number of phenolic OH excluding ortho intramolecular Hbond substituents is 3. The van der Waals surface area contributed by atoms with Gasteiger partial charge in [0.05, 0.1) is 4.90 Å². The predicted molar refractivity (Wildman–Crippen MR) is 108 cm³/mol. The molecule has 0 bridgehead atoms. The van der Waals surface area contributed by atoms with E-state index in [-0.39, 0.29) is 27.7 Å². The van der Waals surface area contributed by atoms with Crippen LogP contribution in [-0.2, 0) is 10.0 Å². The molecule has 3 aromatic rings. The molecule has 0 aliphatic carbocycles. The predicted octanol–water partition coefficient (Wildman–Crippen LogP) is 3.50. The van der Waals surface area contributed by atoms with E-state index >= 15 is 0 Å². The summed E-state index contributed by atoms with van der Waals surface area (Å²) >= 11 is 0. The van der Waals surface area contributed by atoms with Crippen LogP contribution < -0.4 is 4.72 Å². The van der Waals surface area contributed by atoms with Crippen molar-refractivity contribution >= 4 is 27.6 Å². The van der Waals surface area contributed by atoms with Crippen molar-refractivity contribution < 1.29 is 28.5 Å². The maximum absolute atomic E-state index is 12.6. The molecule has 148 valence electrons. The van der Waals surface area contributed by atoms with Crippen molar-refractivity contribution in [2.24, 2.45) is 0 Å². The fourth-order valence-electron chi connectivity index (χ4n) is 2.55. The van der Waals surface area contributed by atoms with Gasteiger partial charge in [0.1, 0.15) is 11.4 Å². The zero-order valence-corrected chi connectivity index (χ0v) is 15.8. The maximum atomic E-state index is 12.6. The molecule has 0 fully saturated rings. The van der Waals surface area contributed by atoms with Crippen LogP contribution in [0.1, 0.15) is 15.9 Å². The molecule has 0 aliphatic rings. The standard InChI is InChI=1S/C21H17NO6S/c23-16-7-4-8-17(13-16)29(27,28)22-20-15(10-12-19(25)21(20)26)9-11-18(24)14-5-2-1-3-6-14/h1-13,22-23,25-26H/b11-9+. The number of hydrogen-bond donors (Lipinski definition) is 4. The fourth-order valence-corrected chi connectivity index (χ4v) is 3.68. The summed E-state index contributed by atoms with van der Waals surface area (Å²) in [7, 11) is -4.19. The first kappa shape index (κ1) is 20.0. The van der Waals surface area contributed by atoms with E-state index in [2.05, 4.69) is 4.72 Å². The molecule has 0 aromatic heterocycles. The highest BCUT2D eigenvalue weighted by Crippen LogP contribution is 2.38. The molecule has 0 unspecified atom stereocenters. The Kier molecular flexibility index (Phi) is 5.56. The first-order valence-electron chi connectivity index (χ1n) is 8.42. The minimum atomic E-state index is -4.19. The lowest BCUT2D eigenvalue weighted by Gasteiger charge is -2.13. The maximum Gasteiger partial charge on any atom is 0.262 e. The summed E-state index contributed by atoms with van der Waals surface area (Å²) in [6, 6.07) is 15.9. The Bertz CT molecular complexity index is 1190. The van der Waals surface area contributed by atoms with Gasteiger partial charge in [-0.3, -0.25) is 9.52 Å². The summed E-state index contributed by atoms with van der Waals surface area (Å²) in [4.78, 5) is 12.0. The average Bonchev–Trinajstić information content (AvgIpc) is 2.71. The van der Waals surface area contributed by atoms with Crippen LogP contribution in [-0.4, -0.2) is 29.5 Å². The Hall–Kier alpha value is -3.78. The Labute approximate surface area is 167 Å².